The van der Waals surface area contributed by atoms with Gasteiger partial charge in [0.15, 0.2) is 0 Å². The molecule has 0 fully saturated rings. The first-order valence-corrected chi connectivity index (χ1v) is 9.53. The summed E-state index contributed by atoms with van der Waals surface area (Å²) in [6.07, 6.45) is 8.07. The van der Waals surface area contributed by atoms with Crippen molar-refractivity contribution in [3.05, 3.63) is 91.9 Å². The minimum atomic E-state index is 0.235. The second-order valence-electron chi connectivity index (χ2n) is 5.76. The van der Waals surface area contributed by atoms with Gasteiger partial charge < -0.3 is 10.2 Å². The zero-order valence-electron chi connectivity index (χ0n) is 13.7. The zero-order valence-corrected chi connectivity index (χ0v) is 16.9. The summed E-state index contributed by atoms with van der Waals surface area (Å²) in [7, 11) is 0. The molecule has 0 atom stereocenters. The number of phenolic OH excluding ortho intramolecular Hbond substituents is 2. The van der Waals surface area contributed by atoms with Gasteiger partial charge in [-0.05, 0) is 78.4 Å². The smallest absolute Gasteiger partial charge is 0.129 e. The van der Waals surface area contributed by atoms with Gasteiger partial charge in [0, 0.05) is 0 Å². The van der Waals surface area contributed by atoms with Crippen LogP contribution in [-0.2, 0) is 0 Å². The first kappa shape index (κ1) is 18.5. The van der Waals surface area contributed by atoms with E-state index >= 15 is 0 Å². The van der Waals surface area contributed by atoms with Gasteiger partial charge in [-0.2, -0.15) is 0 Å². The molecule has 0 aromatic heterocycles. The molecule has 2 N–H and O–H groups in total. The Balaban J connectivity index is 1.69. The van der Waals surface area contributed by atoms with E-state index in [2.05, 4.69) is 56.1 Å². The lowest BCUT2D eigenvalue weighted by molar-refractivity contribution is 0.471. The van der Waals surface area contributed by atoms with Gasteiger partial charge in [-0.25, -0.2) is 0 Å². The summed E-state index contributed by atoms with van der Waals surface area (Å²) in [6.45, 7) is 0. The van der Waals surface area contributed by atoms with E-state index in [-0.39, 0.29) is 11.5 Å². The van der Waals surface area contributed by atoms with Crippen molar-refractivity contribution in [3.8, 4) is 11.5 Å². The van der Waals surface area contributed by atoms with Crippen LogP contribution >= 0.6 is 31.9 Å². The summed E-state index contributed by atoms with van der Waals surface area (Å²) in [5.41, 5.74) is 4.21. The monoisotopic (exact) mass is 470 g/mol. The van der Waals surface area contributed by atoms with Crippen LogP contribution in [0.25, 0.3) is 24.3 Å². The number of phenols is 2. The van der Waals surface area contributed by atoms with Crippen molar-refractivity contribution in [2.45, 2.75) is 0 Å². The first-order valence-electron chi connectivity index (χ1n) is 7.94. The molecule has 2 nitrogen and oxygen atoms in total. The van der Waals surface area contributed by atoms with Crippen molar-refractivity contribution in [2.24, 2.45) is 0 Å². The molecule has 0 radical (unpaired) electrons. The number of hydrogen-bond donors (Lipinski definition) is 2. The lowest BCUT2D eigenvalue weighted by Crippen LogP contribution is -1.77. The number of benzene rings is 3. The largest absolute Gasteiger partial charge is 0.507 e. The van der Waals surface area contributed by atoms with E-state index in [0.29, 0.717) is 8.95 Å². The molecule has 0 aliphatic rings. The van der Waals surface area contributed by atoms with Crippen LogP contribution in [0.5, 0.6) is 11.5 Å². The van der Waals surface area contributed by atoms with Crippen LogP contribution in [0.1, 0.15) is 22.3 Å². The van der Waals surface area contributed by atoms with Crippen LogP contribution in [-0.4, -0.2) is 10.2 Å². The predicted molar refractivity (Wildman–Crippen MR) is 116 cm³/mol. The third-order valence-corrected chi connectivity index (χ3v) is 5.09. The van der Waals surface area contributed by atoms with Crippen LogP contribution in [0, 0.1) is 0 Å². The van der Waals surface area contributed by atoms with E-state index in [4.69, 9.17) is 0 Å². The molecular weight excluding hydrogens is 456 g/mol. The molecular formula is C22H16Br2O2. The Bertz CT molecular complexity index is 893. The van der Waals surface area contributed by atoms with Gasteiger partial charge in [-0.15, -0.1) is 0 Å². The third kappa shape index (κ3) is 4.87. The Morgan fingerprint density at radius 1 is 0.500 bits per heavy atom. The van der Waals surface area contributed by atoms with Crippen molar-refractivity contribution in [1.82, 2.24) is 0 Å². The maximum atomic E-state index is 9.53. The fourth-order valence-electron chi connectivity index (χ4n) is 2.36. The Morgan fingerprint density at radius 2 is 0.808 bits per heavy atom. The van der Waals surface area contributed by atoms with Gasteiger partial charge in [0.25, 0.3) is 0 Å². The second-order valence-corrected chi connectivity index (χ2v) is 7.46. The number of hydrogen-bond acceptors (Lipinski definition) is 2. The van der Waals surface area contributed by atoms with E-state index in [9.17, 15) is 10.2 Å². The molecule has 0 aliphatic heterocycles. The molecule has 26 heavy (non-hydrogen) atoms. The van der Waals surface area contributed by atoms with Gasteiger partial charge >= 0.3 is 0 Å². The van der Waals surface area contributed by atoms with Crippen molar-refractivity contribution >= 4 is 56.2 Å². The van der Waals surface area contributed by atoms with E-state index in [1.165, 1.54) is 0 Å². The highest BCUT2D eigenvalue weighted by Gasteiger charge is 1.98. The average molecular weight is 472 g/mol. The number of aromatic hydroxyl groups is 2. The summed E-state index contributed by atoms with van der Waals surface area (Å²) in [5, 5.41) is 19.1. The molecule has 4 heteroatoms. The van der Waals surface area contributed by atoms with Crippen LogP contribution in [0.15, 0.2) is 69.6 Å². The molecule has 0 spiro atoms. The first-order chi connectivity index (χ1) is 12.5. The van der Waals surface area contributed by atoms with Gasteiger partial charge in [-0.1, -0.05) is 60.7 Å². The van der Waals surface area contributed by atoms with Crippen molar-refractivity contribution in [1.29, 1.82) is 0 Å². The molecule has 0 heterocycles. The van der Waals surface area contributed by atoms with E-state index in [1.54, 1.807) is 12.1 Å². The Hall–Kier alpha value is -2.30. The van der Waals surface area contributed by atoms with Crippen molar-refractivity contribution < 1.29 is 10.2 Å². The van der Waals surface area contributed by atoms with Gasteiger partial charge in [0.2, 0.25) is 0 Å². The quantitative estimate of drug-likeness (QED) is 0.403. The fraction of sp³-hybridized carbons (Fsp3) is 0. The molecule has 3 aromatic carbocycles. The Morgan fingerprint density at radius 3 is 1.15 bits per heavy atom. The molecule has 130 valence electrons. The Labute approximate surface area is 169 Å². The van der Waals surface area contributed by atoms with E-state index in [0.717, 1.165) is 22.3 Å². The normalized spacial score (nSPS) is 11.5. The van der Waals surface area contributed by atoms with E-state index < -0.39 is 0 Å². The number of rotatable bonds is 4. The SMILES string of the molecule is Oc1ccc(/C=C/c2ccc(/C=C/c3ccc(O)c(Br)c3)cc2)cc1Br. The summed E-state index contributed by atoms with van der Waals surface area (Å²) in [6, 6.07) is 19.0. The summed E-state index contributed by atoms with van der Waals surface area (Å²) in [5.74, 6) is 0.470. The summed E-state index contributed by atoms with van der Waals surface area (Å²) >= 11 is 6.64. The zero-order chi connectivity index (χ0) is 18.5. The Kier molecular flexibility index (Phi) is 5.96. The maximum Gasteiger partial charge on any atom is 0.129 e. The molecule has 0 saturated heterocycles. The second kappa shape index (κ2) is 8.39. The van der Waals surface area contributed by atoms with Gasteiger partial charge in [0.05, 0.1) is 8.95 Å². The lowest BCUT2D eigenvalue weighted by atomic mass is 10.1. The van der Waals surface area contributed by atoms with Crippen LogP contribution in [0.2, 0.25) is 0 Å². The molecule has 0 aliphatic carbocycles. The topological polar surface area (TPSA) is 40.5 Å². The standard InChI is InChI=1S/C22H16Br2O2/c23-19-13-17(9-11-21(19)25)7-5-15-1-2-16(4-3-15)6-8-18-10-12-22(26)20(24)14-18/h1-14,25-26H/b7-5+,8-6+. The maximum absolute atomic E-state index is 9.53. The highest BCUT2D eigenvalue weighted by molar-refractivity contribution is 9.10. The summed E-state index contributed by atoms with van der Waals surface area (Å²) in [4.78, 5) is 0. The van der Waals surface area contributed by atoms with Crippen LogP contribution in [0.4, 0.5) is 0 Å². The highest BCUT2D eigenvalue weighted by atomic mass is 79.9. The minimum absolute atomic E-state index is 0.235. The molecule has 3 aromatic rings. The fourth-order valence-corrected chi connectivity index (χ4v) is 3.15. The molecule has 3 rings (SSSR count). The van der Waals surface area contributed by atoms with Gasteiger partial charge in [-0.3, -0.25) is 0 Å². The van der Waals surface area contributed by atoms with E-state index in [1.807, 2.05) is 48.6 Å². The molecule has 0 bridgehead atoms. The number of halogens is 2. The molecule has 0 saturated carbocycles. The van der Waals surface area contributed by atoms with Crippen LogP contribution < -0.4 is 0 Å². The lowest BCUT2D eigenvalue weighted by Gasteiger charge is -2.00. The molecule has 0 amide bonds. The third-order valence-electron chi connectivity index (χ3n) is 3.82. The predicted octanol–water partition coefficient (Wildman–Crippen LogP) is 6.96. The average Bonchev–Trinajstić information content (AvgIpc) is 2.64. The minimum Gasteiger partial charge on any atom is -0.507 e. The summed E-state index contributed by atoms with van der Waals surface area (Å²) < 4.78 is 1.36. The van der Waals surface area contributed by atoms with Crippen molar-refractivity contribution in [3.63, 3.8) is 0 Å². The van der Waals surface area contributed by atoms with Crippen LogP contribution in [0.3, 0.4) is 0 Å². The van der Waals surface area contributed by atoms with Crippen molar-refractivity contribution in [2.75, 3.05) is 0 Å². The van der Waals surface area contributed by atoms with Gasteiger partial charge in [0.1, 0.15) is 11.5 Å². The highest BCUT2D eigenvalue weighted by Crippen LogP contribution is 2.26. The molecule has 0 unspecified atom stereocenters.